The fraction of sp³-hybridized carbons (Fsp3) is 0.800. The van der Waals surface area contributed by atoms with Gasteiger partial charge in [-0.15, -0.1) is 0 Å². The summed E-state index contributed by atoms with van der Waals surface area (Å²) in [7, 11) is 0. The molecule has 2 unspecified atom stereocenters. The molecule has 14 heavy (non-hydrogen) atoms. The zero-order valence-corrected chi connectivity index (χ0v) is 8.95. The van der Waals surface area contributed by atoms with Crippen molar-refractivity contribution in [3.63, 3.8) is 0 Å². The fourth-order valence-corrected chi connectivity index (χ4v) is 1.03. The highest BCUT2D eigenvalue weighted by Crippen LogP contribution is 2.13. The largest absolute Gasteiger partial charge is 0.481 e. The molecule has 2 atom stereocenters. The minimum Gasteiger partial charge on any atom is -0.481 e. The van der Waals surface area contributed by atoms with E-state index in [0.717, 1.165) is 0 Å². The normalized spacial score (nSPS) is 14.5. The second-order valence-electron chi connectivity index (χ2n) is 3.47. The summed E-state index contributed by atoms with van der Waals surface area (Å²) in [6, 6.07) is 0. The lowest BCUT2D eigenvalue weighted by molar-refractivity contribution is -0.148. The molecule has 0 aromatic rings. The van der Waals surface area contributed by atoms with Gasteiger partial charge in [0.1, 0.15) is 0 Å². The molecule has 1 N–H and O–H groups in total. The van der Waals surface area contributed by atoms with Crippen molar-refractivity contribution in [2.75, 3.05) is 6.61 Å². The lowest BCUT2D eigenvalue weighted by atomic mass is 9.98. The third kappa shape index (κ3) is 4.84. The first kappa shape index (κ1) is 12.9. The Bertz CT molecular complexity index is 200. The summed E-state index contributed by atoms with van der Waals surface area (Å²) in [4.78, 5) is 21.6. The number of aliphatic carboxylic acids is 1. The topological polar surface area (TPSA) is 63.6 Å². The summed E-state index contributed by atoms with van der Waals surface area (Å²) >= 11 is 0. The van der Waals surface area contributed by atoms with Crippen LogP contribution < -0.4 is 0 Å². The maximum atomic E-state index is 11.2. The molecule has 0 saturated heterocycles. The molecule has 0 amide bonds. The van der Waals surface area contributed by atoms with Gasteiger partial charge in [0.05, 0.1) is 18.4 Å². The van der Waals surface area contributed by atoms with Crippen LogP contribution in [0.5, 0.6) is 0 Å². The molecule has 0 aliphatic rings. The maximum absolute atomic E-state index is 11.2. The number of esters is 1. The number of carbonyl (C=O) groups is 2. The summed E-state index contributed by atoms with van der Waals surface area (Å²) in [6.07, 6.45) is 1.07. The van der Waals surface area contributed by atoms with Crippen LogP contribution in [0.1, 0.15) is 33.6 Å². The van der Waals surface area contributed by atoms with Crippen molar-refractivity contribution in [2.45, 2.75) is 33.6 Å². The van der Waals surface area contributed by atoms with Crippen LogP contribution in [-0.4, -0.2) is 23.7 Å². The molecule has 82 valence electrons. The fourth-order valence-electron chi connectivity index (χ4n) is 1.03. The van der Waals surface area contributed by atoms with Gasteiger partial charge in [0.2, 0.25) is 0 Å². The summed E-state index contributed by atoms with van der Waals surface area (Å²) in [6.45, 7) is 5.52. The first-order chi connectivity index (χ1) is 6.49. The average Bonchev–Trinajstić information content (AvgIpc) is 2.13. The van der Waals surface area contributed by atoms with Gasteiger partial charge < -0.3 is 9.84 Å². The number of hydrogen-bond donors (Lipinski definition) is 1. The molecule has 0 aromatic carbocycles. The number of rotatable bonds is 6. The number of carboxylic acids is 1. The van der Waals surface area contributed by atoms with Crippen LogP contribution in [0, 0.1) is 11.8 Å². The van der Waals surface area contributed by atoms with Crippen molar-refractivity contribution < 1.29 is 19.4 Å². The van der Waals surface area contributed by atoms with Crippen molar-refractivity contribution in [2.24, 2.45) is 11.8 Å². The van der Waals surface area contributed by atoms with Gasteiger partial charge in [-0.1, -0.05) is 13.8 Å². The Morgan fingerprint density at radius 1 is 1.21 bits per heavy atom. The van der Waals surface area contributed by atoms with Crippen LogP contribution in [-0.2, 0) is 14.3 Å². The zero-order chi connectivity index (χ0) is 11.1. The molecule has 0 rings (SSSR count). The zero-order valence-electron chi connectivity index (χ0n) is 8.95. The highest BCUT2D eigenvalue weighted by Gasteiger charge is 2.17. The van der Waals surface area contributed by atoms with Gasteiger partial charge in [0.25, 0.3) is 0 Å². The third-order valence-electron chi connectivity index (χ3n) is 2.14. The second-order valence-corrected chi connectivity index (χ2v) is 3.47. The molecule has 0 aromatic heterocycles. The lowest BCUT2D eigenvalue weighted by Crippen LogP contribution is -2.17. The standard InChI is InChI=1S/C10H18O4/c1-4-14-10(13)8(3)6-5-7(2)9(11)12/h7-8H,4-6H2,1-3H3,(H,11,12). The average molecular weight is 202 g/mol. The summed E-state index contributed by atoms with van der Waals surface area (Å²) in [5.41, 5.74) is 0. The van der Waals surface area contributed by atoms with Gasteiger partial charge in [-0.2, -0.15) is 0 Å². The van der Waals surface area contributed by atoms with Crippen LogP contribution in [0.15, 0.2) is 0 Å². The Labute approximate surface area is 84.3 Å². The van der Waals surface area contributed by atoms with Crippen LogP contribution in [0.25, 0.3) is 0 Å². The number of carbonyl (C=O) groups excluding carboxylic acids is 1. The van der Waals surface area contributed by atoms with Crippen LogP contribution in [0.3, 0.4) is 0 Å². The first-order valence-electron chi connectivity index (χ1n) is 4.88. The molecule has 0 aliphatic carbocycles. The van der Waals surface area contributed by atoms with Crippen molar-refractivity contribution in [3.8, 4) is 0 Å². The quantitative estimate of drug-likeness (QED) is 0.666. The van der Waals surface area contributed by atoms with E-state index in [1.165, 1.54) is 0 Å². The molecule has 0 radical (unpaired) electrons. The summed E-state index contributed by atoms with van der Waals surface area (Å²) in [5, 5.41) is 8.62. The summed E-state index contributed by atoms with van der Waals surface area (Å²) < 4.78 is 4.81. The van der Waals surface area contributed by atoms with E-state index in [1.807, 2.05) is 0 Å². The second kappa shape index (κ2) is 6.40. The van der Waals surface area contributed by atoms with E-state index in [0.29, 0.717) is 19.4 Å². The van der Waals surface area contributed by atoms with E-state index < -0.39 is 11.9 Å². The molecule has 0 saturated carbocycles. The Balaban J connectivity index is 3.78. The predicted octanol–water partition coefficient (Wildman–Crippen LogP) is 1.69. The monoisotopic (exact) mass is 202 g/mol. The predicted molar refractivity (Wildman–Crippen MR) is 51.8 cm³/mol. The molecule has 0 aliphatic heterocycles. The van der Waals surface area contributed by atoms with E-state index in [-0.39, 0.29) is 11.9 Å². The minimum absolute atomic E-state index is 0.211. The molecule has 0 spiro atoms. The summed E-state index contributed by atoms with van der Waals surface area (Å²) in [5.74, 6) is -1.67. The van der Waals surface area contributed by atoms with Gasteiger partial charge in [0, 0.05) is 0 Å². The minimum atomic E-state index is -0.818. The van der Waals surface area contributed by atoms with Crippen molar-refractivity contribution in [1.82, 2.24) is 0 Å². The van der Waals surface area contributed by atoms with Gasteiger partial charge in [0.15, 0.2) is 0 Å². The Kier molecular flexibility index (Phi) is 5.92. The number of carboxylic acid groups (broad SMARTS) is 1. The molecule has 0 fully saturated rings. The highest BCUT2D eigenvalue weighted by molar-refractivity contribution is 5.72. The Hall–Kier alpha value is -1.06. The molecule has 0 bridgehead atoms. The Morgan fingerprint density at radius 3 is 2.14 bits per heavy atom. The maximum Gasteiger partial charge on any atom is 0.308 e. The van der Waals surface area contributed by atoms with E-state index in [4.69, 9.17) is 9.84 Å². The van der Waals surface area contributed by atoms with Crippen LogP contribution in [0.2, 0.25) is 0 Å². The van der Waals surface area contributed by atoms with E-state index in [1.54, 1.807) is 20.8 Å². The Morgan fingerprint density at radius 2 is 1.71 bits per heavy atom. The van der Waals surface area contributed by atoms with Gasteiger partial charge in [-0.05, 0) is 19.8 Å². The van der Waals surface area contributed by atoms with E-state index >= 15 is 0 Å². The first-order valence-corrected chi connectivity index (χ1v) is 4.88. The van der Waals surface area contributed by atoms with E-state index in [9.17, 15) is 9.59 Å². The van der Waals surface area contributed by atoms with Gasteiger partial charge in [-0.25, -0.2) is 0 Å². The van der Waals surface area contributed by atoms with Gasteiger partial charge in [-0.3, -0.25) is 9.59 Å². The SMILES string of the molecule is CCOC(=O)C(C)CCC(C)C(=O)O. The van der Waals surface area contributed by atoms with Crippen LogP contribution in [0.4, 0.5) is 0 Å². The van der Waals surface area contributed by atoms with Gasteiger partial charge >= 0.3 is 11.9 Å². The highest BCUT2D eigenvalue weighted by atomic mass is 16.5. The third-order valence-corrected chi connectivity index (χ3v) is 2.14. The number of ether oxygens (including phenoxy) is 1. The molecule has 4 nitrogen and oxygen atoms in total. The molecular weight excluding hydrogens is 184 g/mol. The smallest absolute Gasteiger partial charge is 0.308 e. The van der Waals surface area contributed by atoms with Crippen molar-refractivity contribution in [1.29, 1.82) is 0 Å². The lowest BCUT2D eigenvalue weighted by Gasteiger charge is -2.11. The van der Waals surface area contributed by atoms with Crippen molar-refractivity contribution >= 4 is 11.9 Å². The molecule has 0 heterocycles. The molecular formula is C10H18O4. The molecule has 4 heteroatoms. The van der Waals surface area contributed by atoms with Crippen molar-refractivity contribution in [3.05, 3.63) is 0 Å². The van der Waals surface area contributed by atoms with E-state index in [2.05, 4.69) is 0 Å². The van der Waals surface area contributed by atoms with Crippen LogP contribution >= 0.6 is 0 Å². The number of hydrogen-bond acceptors (Lipinski definition) is 3.